The van der Waals surface area contributed by atoms with Crippen LogP contribution in [0.3, 0.4) is 0 Å². The number of benzene rings is 1. The van der Waals surface area contributed by atoms with Gasteiger partial charge < -0.3 is 14.4 Å². The molecule has 0 saturated carbocycles. The molecule has 0 bridgehead atoms. The van der Waals surface area contributed by atoms with Crippen molar-refractivity contribution in [3.8, 4) is 12.3 Å². The molecule has 2 aliphatic rings. The van der Waals surface area contributed by atoms with Gasteiger partial charge in [0.25, 0.3) is 0 Å². The highest BCUT2D eigenvalue weighted by molar-refractivity contribution is 5.90. The fourth-order valence-electron chi connectivity index (χ4n) is 2.83. The van der Waals surface area contributed by atoms with Crippen LogP contribution in [0.1, 0.15) is 25.3 Å². The molecule has 0 spiro atoms. The summed E-state index contributed by atoms with van der Waals surface area (Å²) in [5, 5.41) is 0. The van der Waals surface area contributed by atoms with Crippen molar-refractivity contribution in [1.82, 2.24) is 0 Å². The molecule has 2 atom stereocenters. The van der Waals surface area contributed by atoms with Gasteiger partial charge in [-0.15, -0.1) is 6.42 Å². The Morgan fingerprint density at radius 1 is 1.38 bits per heavy atom. The fourth-order valence-corrected chi connectivity index (χ4v) is 2.83. The van der Waals surface area contributed by atoms with Gasteiger partial charge in [-0.3, -0.25) is 0 Å². The van der Waals surface area contributed by atoms with Crippen LogP contribution in [0.2, 0.25) is 0 Å². The van der Waals surface area contributed by atoms with Crippen LogP contribution in [0.5, 0.6) is 0 Å². The number of hydrogen-bond acceptors (Lipinski definition) is 4. The van der Waals surface area contributed by atoms with Gasteiger partial charge in [0.2, 0.25) is 6.35 Å². The maximum absolute atomic E-state index is 5.91. The summed E-state index contributed by atoms with van der Waals surface area (Å²) in [7, 11) is 0. The molecule has 2 aliphatic heterocycles. The summed E-state index contributed by atoms with van der Waals surface area (Å²) in [5.74, 6) is 2.61. The normalized spacial score (nSPS) is 23.4. The number of ether oxygens (including phenoxy) is 2. The largest absolute Gasteiger partial charge is 0.381 e. The number of fused-ring (bicyclic) bond motifs is 1. The summed E-state index contributed by atoms with van der Waals surface area (Å²) in [6.45, 7) is 3.44. The Balaban J connectivity index is 1.91. The van der Waals surface area contributed by atoms with Gasteiger partial charge in [-0.1, -0.05) is 24.1 Å². The molecule has 1 aromatic rings. The molecule has 21 heavy (non-hydrogen) atoms. The monoisotopic (exact) mass is 284 g/mol. The highest BCUT2D eigenvalue weighted by atomic mass is 16.5. The van der Waals surface area contributed by atoms with E-state index in [1.165, 1.54) is 0 Å². The van der Waals surface area contributed by atoms with Crippen molar-refractivity contribution in [1.29, 1.82) is 0 Å². The van der Waals surface area contributed by atoms with Crippen LogP contribution in [0, 0.1) is 12.3 Å². The zero-order valence-electron chi connectivity index (χ0n) is 12.2. The highest BCUT2D eigenvalue weighted by Gasteiger charge is 2.32. The molecule has 2 heterocycles. The van der Waals surface area contributed by atoms with Gasteiger partial charge in [-0.2, -0.15) is 0 Å². The van der Waals surface area contributed by atoms with Crippen molar-refractivity contribution in [2.45, 2.75) is 38.3 Å². The fraction of sp³-hybridized carbons (Fsp3) is 0.471. The third-order valence-electron chi connectivity index (χ3n) is 3.94. The molecule has 0 aromatic heterocycles. The van der Waals surface area contributed by atoms with Gasteiger partial charge in [0.15, 0.2) is 0 Å². The minimum Gasteiger partial charge on any atom is -0.381 e. The van der Waals surface area contributed by atoms with E-state index in [0.29, 0.717) is 6.04 Å². The van der Waals surface area contributed by atoms with Gasteiger partial charge >= 0.3 is 0 Å². The van der Waals surface area contributed by atoms with E-state index >= 15 is 0 Å². The highest BCUT2D eigenvalue weighted by Crippen LogP contribution is 2.31. The zero-order chi connectivity index (χ0) is 14.7. The van der Waals surface area contributed by atoms with Gasteiger partial charge in [0, 0.05) is 36.7 Å². The molecule has 1 aromatic carbocycles. The van der Waals surface area contributed by atoms with Crippen molar-refractivity contribution in [3.05, 3.63) is 29.8 Å². The van der Waals surface area contributed by atoms with Crippen LogP contribution in [-0.2, 0) is 9.47 Å². The molecule has 1 saturated heterocycles. The number of terminal acetylenes is 1. The SMILES string of the molecule is C#CC(C)OC1N=Cc2ccccc2N1C1CCOCC1. The lowest BCUT2D eigenvalue weighted by Crippen LogP contribution is -2.49. The molecule has 0 amide bonds. The number of para-hydroxylation sites is 1. The molecule has 0 aliphatic carbocycles. The Morgan fingerprint density at radius 2 is 2.14 bits per heavy atom. The van der Waals surface area contributed by atoms with Gasteiger partial charge in [-0.05, 0) is 25.8 Å². The van der Waals surface area contributed by atoms with E-state index < -0.39 is 0 Å². The Kier molecular flexibility index (Phi) is 4.23. The number of nitrogens with zero attached hydrogens (tertiary/aromatic N) is 2. The predicted octanol–water partition coefficient (Wildman–Crippen LogP) is 2.43. The van der Waals surface area contributed by atoms with E-state index in [2.05, 4.69) is 27.9 Å². The van der Waals surface area contributed by atoms with Crippen molar-refractivity contribution in [2.24, 2.45) is 4.99 Å². The third-order valence-corrected chi connectivity index (χ3v) is 3.94. The smallest absolute Gasteiger partial charge is 0.229 e. The first-order valence-electron chi connectivity index (χ1n) is 7.39. The third kappa shape index (κ3) is 2.94. The Labute approximate surface area is 125 Å². The summed E-state index contributed by atoms with van der Waals surface area (Å²) in [6.07, 6.45) is 8.66. The van der Waals surface area contributed by atoms with E-state index in [-0.39, 0.29) is 12.5 Å². The van der Waals surface area contributed by atoms with Crippen LogP contribution < -0.4 is 4.90 Å². The molecule has 110 valence electrons. The molecule has 2 unspecified atom stereocenters. The summed E-state index contributed by atoms with van der Waals surface area (Å²) in [4.78, 5) is 6.81. The summed E-state index contributed by atoms with van der Waals surface area (Å²) in [5.41, 5.74) is 2.28. The summed E-state index contributed by atoms with van der Waals surface area (Å²) < 4.78 is 11.4. The average molecular weight is 284 g/mol. The lowest BCUT2D eigenvalue weighted by molar-refractivity contribution is 0.0123. The quantitative estimate of drug-likeness (QED) is 0.799. The maximum Gasteiger partial charge on any atom is 0.229 e. The lowest BCUT2D eigenvalue weighted by atomic mass is 10.0. The Morgan fingerprint density at radius 3 is 2.90 bits per heavy atom. The van der Waals surface area contributed by atoms with Crippen molar-refractivity contribution < 1.29 is 9.47 Å². The molecule has 1 fully saturated rings. The first-order chi connectivity index (χ1) is 10.3. The first kappa shape index (κ1) is 14.1. The van der Waals surface area contributed by atoms with E-state index in [1.807, 2.05) is 25.3 Å². The number of rotatable bonds is 3. The Bertz CT molecular complexity index is 558. The second kappa shape index (κ2) is 6.30. The second-order valence-corrected chi connectivity index (χ2v) is 5.36. The second-order valence-electron chi connectivity index (χ2n) is 5.36. The van der Waals surface area contributed by atoms with E-state index in [4.69, 9.17) is 15.9 Å². The number of anilines is 1. The Hall–Kier alpha value is -1.83. The lowest BCUT2D eigenvalue weighted by Gasteiger charge is -2.42. The van der Waals surface area contributed by atoms with Crippen molar-refractivity contribution in [3.63, 3.8) is 0 Å². The zero-order valence-corrected chi connectivity index (χ0v) is 12.2. The molecule has 4 nitrogen and oxygen atoms in total. The minimum absolute atomic E-state index is 0.264. The molecule has 0 N–H and O–H groups in total. The van der Waals surface area contributed by atoms with Crippen LogP contribution >= 0.6 is 0 Å². The van der Waals surface area contributed by atoms with Gasteiger partial charge in [0.05, 0.1) is 0 Å². The van der Waals surface area contributed by atoms with E-state index in [0.717, 1.165) is 37.3 Å². The molecule has 0 radical (unpaired) electrons. The van der Waals surface area contributed by atoms with E-state index in [9.17, 15) is 0 Å². The maximum atomic E-state index is 5.91. The average Bonchev–Trinajstić information content (AvgIpc) is 2.55. The van der Waals surface area contributed by atoms with Crippen LogP contribution in [0.25, 0.3) is 0 Å². The number of aliphatic imine (C=N–C) groups is 1. The summed E-state index contributed by atoms with van der Waals surface area (Å²) >= 11 is 0. The molecule has 4 heteroatoms. The standard InChI is InChI=1S/C17H20N2O2/c1-3-13(2)21-17-18-12-14-6-4-5-7-16(14)19(17)15-8-10-20-11-9-15/h1,4-7,12-13,15,17H,8-11H2,2H3. The summed E-state index contributed by atoms with van der Waals surface area (Å²) in [6, 6.07) is 8.63. The predicted molar refractivity (Wildman–Crippen MR) is 83.5 cm³/mol. The minimum atomic E-state index is -0.353. The molecule has 3 rings (SSSR count). The molecular weight excluding hydrogens is 264 g/mol. The van der Waals surface area contributed by atoms with Crippen LogP contribution in [0.15, 0.2) is 29.3 Å². The topological polar surface area (TPSA) is 34.1 Å². The first-order valence-corrected chi connectivity index (χ1v) is 7.39. The number of hydrogen-bond donors (Lipinski definition) is 0. The van der Waals surface area contributed by atoms with Crippen molar-refractivity contribution in [2.75, 3.05) is 18.1 Å². The van der Waals surface area contributed by atoms with Crippen molar-refractivity contribution >= 4 is 11.9 Å². The molecular formula is C17H20N2O2. The van der Waals surface area contributed by atoms with Crippen LogP contribution in [-0.4, -0.2) is 37.9 Å². The van der Waals surface area contributed by atoms with Gasteiger partial charge in [-0.25, -0.2) is 4.99 Å². The van der Waals surface area contributed by atoms with E-state index in [1.54, 1.807) is 0 Å². The van der Waals surface area contributed by atoms with Gasteiger partial charge in [0.1, 0.15) is 6.10 Å². The van der Waals surface area contributed by atoms with Crippen LogP contribution in [0.4, 0.5) is 5.69 Å².